The molecule has 2 aromatic carbocycles. The van der Waals surface area contributed by atoms with Gasteiger partial charge in [-0.15, -0.1) is 0 Å². The standard InChI is InChI=1S/C27H26N2O4/c1-27(2,3)25(31)22-23(18-9-13-21(33-4)14-10-18)29(26(32)24(22)30)20-11-7-17(8-12-20)19-6-5-15-28-16-19/h5-16,30,32H,1-4H3. The smallest absolute Gasteiger partial charge is 0.240 e. The number of nitrogens with zero attached hydrogens (tertiary/aromatic N) is 2. The minimum absolute atomic E-state index is 0.0847. The Hall–Kier alpha value is -4.06. The molecular weight excluding hydrogens is 416 g/mol. The summed E-state index contributed by atoms with van der Waals surface area (Å²) in [5, 5.41) is 21.8. The summed E-state index contributed by atoms with van der Waals surface area (Å²) >= 11 is 0. The van der Waals surface area contributed by atoms with E-state index in [-0.39, 0.29) is 17.2 Å². The maximum Gasteiger partial charge on any atom is 0.240 e. The van der Waals surface area contributed by atoms with Crippen molar-refractivity contribution >= 4 is 5.78 Å². The number of aromatic nitrogens is 2. The second-order valence-corrected chi connectivity index (χ2v) is 8.83. The second-order valence-electron chi connectivity index (χ2n) is 8.83. The zero-order valence-electron chi connectivity index (χ0n) is 19.0. The van der Waals surface area contributed by atoms with Crippen molar-refractivity contribution in [3.63, 3.8) is 0 Å². The summed E-state index contributed by atoms with van der Waals surface area (Å²) in [5.41, 5.74) is 2.93. The van der Waals surface area contributed by atoms with E-state index in [1.807, 2.05) is 36.4 Å². The molecule has 168 valence electrons. The molecule has 6 nitrogen and oxygen atoms in total. The molecule has 0 atom stereocenters. The Labute approximate surface area is 192 Å². The second kappa shape index (κ2) is 8.47. The van der Waals surface area contributed by atoms with Crippen molar-refractivity contribution in [1.82, 2.24) is 9.55 Å². The Morgan fingerprint density at radius 3 is 2.09 bits per heavy atom. The fourth-order valence-corrected chi connectivity index (χ4v) is 3.75. The van der Waals surface area contributed by atoms with Crippen LogP contribution in [0.15, 0.2) is 73.1 Å². The van der Waals surface area contributed by atoms with Gasteiger partial charge in [0.15, 0.2) is 11.5 Å². The molecule has 33 heavy (non-hydrogen) atoms. The zero-order valence-corrected chi connectivity index (χ0v) is 19.0. The van der Waals surface area contributed by atoms with Crippen LogP contribution in [0.4, 0.5) is 0 Å². The summed E-state index contributed by atoms with van der Waals surface area (Å²) in [4.78, 5) is 17.5. The maximum absolute atomic E-state index is 13.3. The first-order valence-corrected chi connectivity index (χ1v) is 10.6. The zero-order chi connectivity index (χ0) is 23.8. The molecule has 0 fully saturated rings. The van der Waals surface area contributed by atoms with E-state index < -0.39 is 11.2 Å². The molecule has 0 saturated carbocycles. The van der Waals surface area contributed by atoms with Crippen LogP contribution < -0.4 is 4.74 Å². The highest BCUT2D eigenvalue weighted by Crippen LogP contribution is 2.45. The van der Waals surface area contributed by atoms with E-state index in [1.54, 1.807) is 64.5 Å². The number of ketones is 1. The molecule has 0 spiro atoms. The topological polar surface area (TPSA) is 84.6 Å². The fraction of sp³-hybridized carbons (Fsp3) is 0.185. The summed E-state index contributed by atoms with van der Waals surface area (Å²) in [6.07, 6.45) is 3.49. The maximum atomic E-state index is 13.3. The van der Waals surface area contributed by atoms with Gasteiger partial charge < -0.3 is 14.9 Å². The first-order valence-electron chi connectivity index (χ1n) is 10.6. The van der Waals surface area contributed by atoms with Crippen LogP contribution in [0.1, 0.15) is 31.1 Å². The van der Waals surface area contributed by atoms with Gasteiger partial charge in [0.1, 0.15) is 5.75 Å². The first kappa shape index (κ1) is 22.1. The lowest BCUT2D eigenvalue weighted by molar-refractivity contribution is 0.0856. The summed E-state index contributed by atoms with van der Waals surface area (Å²) in [6, 6.07) is 18.5. The van der Waals surface area contributed by atoms with Gasteiger partial charge >= 0.3 is 0 Å². The highest BCUT2D eigenvalue weighted by Gasteiger charge is 2.34. The third-order valence-corrected chi connectivity index (χ3v) is 5.51. The van der Waals surface area contributed by atoms with Crippen LogP contribution in [-0.2, 0) is 0 Å². The van der Waals surface area contributed by atoms with Gasteiger partial charge in [-0.05, 0) is 59.2 Å². The molecule has 2 aromatic heterocycles. The summed E-state index contributed by atoms with van der Waals surface area (Å²) < 4.78 is 6.76. The van der Waals surface area contributed by atoms with Gasteiger partial charge in [-0.25, -0.2) is 0 Å². The number of ether oxygens (including phenoxy) is 1. The molecule has 6 heteroatoms. The number of carbonyl (C=O) groups is 1. The number of hydrogen-bond acceptors (Lipinski definition) is 5. The van der Waals surface area contributed by atoms with Crippen LogP contribution in [0.5, 0.6) is 17.4 Å². The Morgan fingerprint density at radius 2 is 1.55 bits per heavy atom. The fourth-order valence-electron chi connectivity index (χ4n) is 3.75. The van der Waals surface area contributed by atoms with E-state index in [2.05, 4.69) is 4.98 Å². The Balaban J connectivity index is 1.93. The van der Waals surface area contributed by atoms with Crippen LogP contribution in [0.25, 0.3) is 28.1 Å². The van der Waals surface area contributed by atoms with Crippen molar-refractivity contribution in [2.45, 2.75) is 20.8 Å². The molecule has 2 N–H and O–H groups in total. The molecule has 0 saturated heterocycles. The number of carbonyl (C=O) groups excluding carboxylic acids is 1. The minimum Gasteiger partial charge on any atom is -0.503 e. The Bertz CT molecular complexity index is 1280. The summed E-state index contributed by atoms with van der Waals surface area (Å²) in [5.74, 6) is -0.429. The van der Waals surface area contributed by atoms with Crippen LogP contribution in [0.2, 0.25) is 0 Å². The summed E-state index contributed by atoms with van der Waals surface area (Å²) in [6.45, 7) is 5.34. The van der Waals surface area contributed by atoms with Crippen molar-refractivity contribution in [1.29, 1.82) is 0 Å². The van der Waals surface area contributed by atoms with Gasteiger partial charge in [-0.2, -0.15) is 0 Å². The van der Waals surface area contributed by atoms with E-state index in [0.29, 0.717) is 22.7 Å². The van der Waals surface area contributed by atoms with E-state index in [9.17, 15) is 15.0 Å². The molecule has 0 aliphatic carbocycles. The minimum atomic E-state index is -0.762. The lowest BCUT2D eigenvalue weighted by Gasteiger charge is -2.18. The Kier molecular flexibility index (Phi) is 5.68. The third kappa shape index (κ3) is 4.07. The van der Waals surface area contributed by atoms with Gasteiger partial charge in [-0.1, -0.05) is 39.0 Å². The van der Waals surface area contributed by atoms with Crippen LogP contribution in [0, 0.1) is 5.41 Å². The molecule has 4 rings (SSSR count). The number of pyridine rings is 1. The van der Waals surface area contributed by atoms with E-state index in [4.69, 9.17) is 4.74 Å². The molecule has 0 unspecified atom stereocenters. The Morgan fingerprint density at radius 1 is 0.909 bits per heavy atom. The van der Waals surface area contributed by atoms with Gasteiger partial charge in [0.2, 0.25) is 5.88 Å². The van der Waals surface area contributed by atoms with Gasteiger partial charge in [0.05, 0.1) is 18.4 Å². The lowest BCUT2D eigenvalue weighted by atomic mass is 9.85. The van der Waals surface area contributed by atoms with Gasteiger partial charge in [-0.3, -0.25) is 14.3 Å². The molecule has 0 aliphatic heterocycles. The van der Waals surface area contributed by atoms with Crippen molar-refractivity contribution in [2.75, 3.05) is 7.11 Å². The number of methoxy groups -OCH3 is 1. The predicted octanol–water partition coefficient (Wildman–Crippen LogP) is 5.85. The molecule has 4 aromatic rings. The van der Waals surface area contributed by atoms with E-state index >= 15 is 0 Å². The number of Topliss-reactive ketones (excluding diaryl/α,β-unsaturated/α-hetero) is 1. The third-order valence-electron chi connectivity index (χ3n) is 5.51. The van der Waals surface area contributed by atoms with Crippen LogP contribution in [0.3, 0.4) is 0 Å². The molecule has 0 bridgehead atoms. The SMILES string of the molecule is COc1ccc(-c2c(C(=O)C(C)(C)C)c(O)c(O)n2-c2ccc(-c3cccnc3)cc2)cc1. The molecular formula is C27H26N2O4. The van der Waals surface area contributed by atoms with Crippen molar-refractivity contribution in [3.05, 3.63) is 78.6 Å². The van der Waals surface area contributed by atoms with Gasteiger partial charge in [0, 0.05) is 23.5 Å². The van der Waals surface area contributed by atoms with Crippen molar-refractivity contribution in [3.8, 4) is 45.5 Å². The monoisotopic (exact) mass is 442 g/mol. The summed E-state index contributed by atoms with van der Waals surface area (Å²) in [7, 11) is 1.58. The average molecular weight is 443 g/mol. The quantitative estimate of drug-likeness (QED) is 0.379. The van der Waals surface area contributed by atoms with Crippen LogP contribution >= 0.6 is 0 Å². The van der Waals surface area contributed by atoms with E-state index in [0.717, 1.165) is 11.1 Å². The van der Waals surface area contributed by atoms with Gasteiger partial charge in [0.25, 0.3) is 0 Å². The van der Waals surface area contributed by atoms with Crippen molar-refractivity contribution < 1.29 is 19.7 Å². The lowest BCUT2D eigenvalue weighted by Crippen LogP contribution is -2.20. The van der Waals surface area contributed by atoms with Crippen LogP contribution in [-0.4, -0.2) is 32.7 Å². The highest BCUT2D eigenvalue weighted by atomic mass is 16.5. The molecule has 2 heterocycles. The average Bonchev–Trinajstić information content (AvgIpc) is 3.09. The molecule has 0 amide bonds. The normalized spacial score (nSPS) is 11.4. The number of aromatic hydroxyl groups is 2. The largest absolute Gasteiger partial charge is 0.503 e. The number of rotatable bonds is 5. The molecule has 0 aliphatic rings. The highest BCUT2D eigenvalue weighted by molar-refractivity contribution is 6.08. The predicted molar refractivity (Wildman–Crippen MR) is 128 cm³/mol. The van der Waals surface area contributed by atoms with E-state index in [1.165, 1.54) is 4.57 Å². The first-order chi connectivity index (χ1) is 15.7. The van der Waals surface area contributed by atoms with Crippen molar-refractivity contribution in [2.24, 2.45) is 5.41 Å². The molecule has 0 radical (unpaired) electrons. The number of benzene rings is 2. The number of hydrogen-bond donors (Lipinski definition) is 2.